The van der Waals surface area contributed by atoms with Crippen molar-refractivity contribution in [2.75, 3.05) is 12.4 Å². The number of nitrogens with zero attached hydrogens (tertiary/aromatic N) is 2. The minimum Gasteiger partial charge on any atom is -0.497 e. The van der Waals surface area contributed by atoms with E-state index in [0.717, 1.165) is 21.8 Å². The number of ether oxygens (including phenoxy) is 1. The molecule has 0 spiro atoms. The van der Waals surface area contributed by atoms with Gasteiger partial charge in [-0.2, -0.15) is 5.26 Å². The predicted octanol–water partition coefficient (Wildman–Crippen LogP) is 4.25. The van der Waals surface area contributed by atoms with E-state index < -0.39 is 0 Å². The van der Waals surface area contributed by atoms with Gasteiger partial charge < -0.3 is 10.1 Å². The molecule has 0 radical (unpaired) electrons. The van der Waals surface area contributed by atoms with Crippen molar-refractivity contribution in [3.63, 3.8) is 0 Å². The van der Waals surface area contributed by atoms with Crippen LogP contribution < -0.4 is 10.1 Å². The second-order valence-corrected chi connectivity index (χ2v) is 6.49. The molecule has 3 rings (SSSR count). The molecule has 5 nitrogen and oxygen atoms in total. The predicted molar refractivity (Wildman–Crippen MR) is 97.9 cm³/mol. The van der Waals surface area contributed by atoms with Crippen LogP contribution in [-0.2, 0) is 0 Å². The van der Waals surface area contributed by atoms with Gasteiger partial charge in [0.1, 0.15) is 16.8 Å². The van der Waals surface area contributed by atoms with E-state index in [9.17, 15) is 10.1 Å². The number of rotatable bonds is 4. The van der Waals surface area contributed by atoms with Gasteiger partial charge in [-0.3, -0.25) is 9.78 Å². The molecular formula is C19H15N3O2S. The van der Waals surface area contributed by atoms with Gasteiger partial charge in [0.15, 0.2) is 0 Å². The molecule has 1 aromatic carbocycles. The summed E-state index contributed by atoms with van der Waals surface area (Å²) in [5.41, 5.74) is 2.71. The molecule has 0 atom stereocenters. The Kier molecular flexibility index (Phi) is 4.78. The minimum atomic E-state index is -0.263. The summed E-state index contributed by atoms with van der Waals surface area (Å²) in [5, 5.41) is 13.0. The number of carbonyl (C=O) groups is 1. The molecule has 1 amide bonds. The molecule has 0 bridgehead atoms. The fraction of sp³-hybridized carbons (Fsp3) is 0.105. The summed E-state index contributed by atoms with van der Waals surface area (Å²) in [6, 6.07) is 13.0. The number of hydrogen-bond acceptors (Lipinski definition) is 5. The summed E-state index contributed by atoms with van der Waals surface area (Å²) in [4.78, 5) is 17.2. The molecule has 3 aromatic rings. The average molecular weight is 349 g/mol. The fourth-order valence-electron chi connectivity index (χ4n) is 2.52. The summed E-state index contributed by atoms with van der Waals surface area (Å²) in [5.74, 6) is 0.489. The Morgan fingerprint density at radius 2 is 1.88 bits per heavy atom. The normalized spacial score (nSPS) is 10.1. The molecule has 2 aromatic heterocycles. The maximum atomic E-state index is 12.4. The molecule has 0 aliphatic carbocycles. The third-order valence-corrected chi connectivity index (χ3v) is 4.76. The quantitative estimate of drug-likeness (QED) is 0.764. The lowest BCUT2D eigenvalue weighted by atomic mass is 10.0. The molecule has 0 saturated carbocycles. The number of thiophene rings is 1. The van der Waals surface area contributed by atoms with Crippen molar-refractivity contribution < 1.29 is 9.53 Å². The van der Waals surface area contributed by atoms with Crippen molar-refractivity contribution in [2.45, 2.75) is 6.92 Å². The van der Waals surface area contributed by atoms with Gasteiger partial charge in [0, 0.05) is 28.4 Å². The van der Waals surface area contributed by atoms with Gasteiger partial charge in [0.2, 0.25) is 0 Å². The number of carbonyl (C=O) groups excluding carboxylic acids is 1. The highest BCUT2D eigenvalue weighted by atomic mass is 32.1. The summed E-state index contributed by atoms with van der Waals surface area (Å²) >= 11 is 1.39. The van der Waals surface area contributed by atoms with E-state index in [1.807, 2.05) is 31.2 Å². The maximum Gasteiger partial charge on any atom is 0.256 e. The first-order valence-electron chi connectivity index (χ1n) is 7.53. The van der Waals surface area contributed by atoms with Gasteiger partial charge in [-0.1, -0.05) is 12.1 Å². The molecule has 0 aliphatic heterocycles. The highest BCUT2D eigenvalue weighted by Gasteiger charge is 2.19. The zero-order valence-electron chi connectivity index (χ0n) is 13.7. The average Bonchev–Trinajstić information content (AvgIpc) is 2.97. The number of hydrogen-bond donors (Lipinski definition) is 1. The third kappa shape index (κ3) is 3.37. The Balaban J connectivity index is 1.97. The van der Waals surface area contributed by atoms with Gasteiger partial charge in [0.25, 0.3) is 5.91 Å². The highest BCUT2D eigenvalue weighted by Crippen LogP contribution is 2.39. The topological polar surface area (TPSA) is 75.0 Å². The zero-order chi connectivity index (χ0) is 17.8. The number of nitrogens with one attached hydrogen (secondary N) is 1. The third-order valence-electron chi connectivity index (χ3n) is 3.74. The number of benzene rings is 1. The Bertz CT molecular complexity index is 941. The van der Waals surface area contributed by atoms with E-state index in [-0.39, 0.29) is 5.91 Å². The molecule has 6 heteroatoms. The molecular weight excluding hydrogens is 334 g/mol. The lowest BCUT2D eigenvalue weighted by molar-refractivity contribution is 0.102. The van der Waals surface area contributed by atoms with Crippen LogP contribution in [0.1, 0.15) is 20.8 Å². The summed E-state index contributed by atoms with van der Waals surface area (Å²) in [7, 11) is 1.61. The number of aromatic nitrogens is 1. The molecule has 0 fully saturated rings. The second-order valence-electron chi connectivity index (χ2n) is 5.27. The largest absolute Gasteiger partial charge is 0.497 e. The Morgan fingerprint density at radius 3 is 2.48 bits per heavy atom. The molecule has 25 heavy (non-hydrogen) atoms. The van der Waals surface area contributed by atoms with Crippen LogP contribution in [0.15, 0.2) is 48.8 Å². The van der Waals surface area contributed by atoms with Crippen molar-refractivity contribution in [1.29, 1.82) is 5.26 Å². The molecule has 0 aliphatic rings. The second kappa shape index (κ2) is 7.16. The molecule has 2 heterocycles. The minimum absolute atomic E-state index is 0.263. The van der Waals surface area contributed by atoms with Crippen LogP contribution in [0.3, 0.4) is 0 Å². The number of methoxy groups -OCH3 is 1. The summed E-state index contributed by atoms with van der Waals surface area (Å²) in [6.07, 6.45) is 3.12. The number of nitriles is 1. The Morgan fingerprint density at radius 1 is 1.20 bits per heavy atom. The van der Waals surface area contributed by atoms with Crippen LogP contribution in [0, 0.1) is 18.3 Å². The van der Waals surface area contributed by atoms with E-state index in [4.69, 9.17) is 4.74 Å². The first-order valence-corrected chi connectivity index (χ1v) is 8.35. The van der Waals surface area contributed by atoms with Gasteiger partial charge >= 0.3 is 0 Å². The van der Waals surface area contributed by atoms with Crippen molar-refractivity contribution in [3.05, 3.63) is 64.8 Å². The smallest absolute Gasteiger partial charge is 0.256 e. The first kappa shape index (κ1) is 16.7. The zero-order valence-corrected chi connectivity index (χ0v) is 14.6. The molecule has 0 saturated heterocycles. The van der Waals surface area contributed by atoms with Crippen LogP contribution >= 0.6 is 11.3 Å². The van der Waals surface area contributed by atoms with E-state index in [2.05, 4.69) is 16.4 Å². The van der Waals surface area contributed by atoms with Crippen LogP contribution in [-0.4, -0.2) is 18.0 Å². The number of amides is 1. The number of pyridine rings is 1. The van der Waals surface area contributed by atoms with Crippen molar-refractivity contribution in [1.82, 2.24) is 4.98 Å². The van der Waals surface area contributed by atoms with Gasteiger partial charge in [-0.25, -0.2) is 0 Å². The monoisotopic (exact) mass is 349 g/mol. The van der Waals surface area contributed by atoms with Gasteiger partial charge in [0.05, 0.1) is 12.7 Å². The Labute approximate surface area is 149 Å². The van der Waals surface area contributed by atoms with E-state index in [1.54, 1.807) is 31.6 Å². The molecule has 124 valence electrons. The van der Waals surface area contributed by atoms with E-state index >= 15 is 0 Å². The lowest BCUT2D eigenvalue weighted by Crippen LogP contribution is -2.11. The number of aryl methyl sites for hydroxylation is 1. The van der Waals surface area contributed by atoms with Crippen molar-refractivity contribution >= 4 is 22.2 Å². The number of anilines is 1. The highest BCUT2D eigenvalue weighted by molar-refractivity contribution is 7.17. The molecule has 0 unspecified atom stereocenters. The van der Waals surface area contributed by atoms with Crippen LogP contribution in [0.25, 0.3) is 11.1 Å². The van der Waals surface area contributed by atoms with Crippen LogP contribution in [0.2, 0.25) is 0 Å². The fourth-order valence-corrected chi connectivity index (χ4v) is 3.54. The molecule has 1 N–H and O–H groups in total. The van der Waals surface area contributed by atoms with E-state index in [0.29, 0.717) is 16.1 Å². The van der Waals surface area contributed by atoms with E-state index in [1.165, 1.54) is 11.3 Å². The van der Waals surface area contributed by atoms with Crippen molar-refractivity contribution in [3.8, 4) is 22.9 Å². The summed E-state index contributed by atoms with van der Waals surface area (Å²) < 4.78 is 5.17. The van der Waals surface area contributed by atoms with Crippen LogP contribution in [0.5, 0.6) is 5.75 Å². The Hall–Kier alpha value is -3.17. The first-order chi connectivity index (χ1) is 12.1. The SMILES string of the molecule is COc1ccc(-c2c(C)sc(NC(=O)c3ccncc3)c2C#N)cc1. The standard InChI is InChI=1S/C19H15N3O2S/c1-12-17(13-3-5-15(24-2)6-4-13)16(11-20)19(25-12)22-18(23)14-7-9-21-10-8-14/h3-10H,1-2H3,(H,22,23). The lowest BCUT2D eigenvalue weighted by Gasteiger charge is -2.05. The maximum absolute atomic E-state index is 12.4. The summed E-state index contributed by atoms with van der Waals surface area (Å²) in [6.45, 7) is 1.94. The van der Waals surface area contributed by atoms with Gasteiger partial charge in [-0.15, -0.1) is 11.3 Å². The van der Waals surface area contributed by atoms with Crippen molar-refractivity contribution in [2.24, 2.45) is 0 Å². The van der Waals surface area contributed by atoms with Crippen LogP contribution in [0.4, 0.5) is 5.00 Å². The van der Waals surface area contributed by atoms with Gasteiger partial charge in [-0.05, 0) is 36.8 Å².